The van der Waals surface area contributed by atoms with Gasteiger partial charge in [0.15, 0.2) is 0 Å². The molecule has 94 valence electrons. The molecule has 1 saturated heterocycles. The Bertz CT molecular complexity index is 392. The lowest BCUT2D eigenvalue weighted by molar-refractivity contribution is -0.135. The van der Waals surface area contributed by atoms with Crippen molar-refractivity contribution in [3.8, 4) is 0 Å². The minimum absolute atomic E-state index is 0.0807. The van der Waals surface area contributed by atoms with Gasteiger partial charge in [0.1, 0.15) is 0 Å². The van der Waals surface area contributed by atoms with E-state index in [9.17, 15) is 4.79 Å². The van der Waals surface area contributed by atoms with E-state index < -0.39 is 0 Å². The monoisotopic (exact) mass is 237 g/mol. The molecule has 0 aromatic carbocycles. The van der Waals surface area contributed by atoms with E-state index in [-0.39, 0.29) is 11.8 Å². The molecule has 1 aromatic rings. The summed E-state index contributed by atoms with van der Waals surface area (Å²) >= 11 is 0. The molecule has 1 fully saturated rings. The highest BCUT2D eigenvalue weighted by Crippen LogP contribution is 2.27. The Morgan fingerprint density at radius 2 is 2.00 bits per heavy atom. The lowest BCUT2D eigenvalue weighted by atomic mass is 9.96. The number of hydrogen-bond donors (Lipinski definition) is 0. The van der Waals surface area contributed by atoms with E-state index in [2.05, 4.69) is 10.2 Å². The fourth-order valence-corrected chi connectivity index (χ4v) is 2.19. The number of aromatic nitrogens is 2. The summed E-state index contributed by atoms with van der Waals surface area (Å²) in [5.41, 5.74) is 0. The van der Waals surface area contributed by atoms with Gasteiger partial charge in [0, 0.05) is 31.8 Å². The van der Waals surface area contributed by atoms with E-state index in [0.717, 1.165) is 31.8 Å². The lowest BCUT2D eigenvalue weighted by Crippen LogP contribution is -2.40. The van der Waals surface area contributed by atoms with Gasteiger partial charge in [-0.25, -0.2) is 0 Å². The molecule has 1 aromatic heterocycles. The average molecular weight is 237 g/mol. The van der Waals surface area contributed by atoms with Crippen molar-refractivity contribution in [1.29, 1.82) is 0 Å². The van der Waals surface area contributed by atoms with Crippen LogP contribution < -0.4 is 0 Å². The van der Waals surface area contributed by atoms with Crippen LogP contribution in [0, 0.1) is 12.8 Å². The van der Waals surface area contributed by atoms with Crippen LogP contribution in [0.5, 0.6) is 0 Å². The molecule has 0 atom stereocenters. The summed E-state index contributed by atoms with van der Waals surface area (Å²) in [4.78, 5) is 13.8. The largest absolute Gasteiger partial charge is 0.425 e. The number of aryl methyl sites for hydroxylation is 1. The standard InChI is InChI=1S/C12H19N3O2/c1-8(2)12(16)15-6-4-10(5-7-15)11-14-13-9(3)17-11/h8,10H,4-7H2,1-3H3. The van der Waals surface area contributed by atoms with Gasteiger partial charge in [-0.3, -0.25) is 4.79 Å². The van der Waals surface area contributed by atoms with Crippen molar-refractivity contribution in [2.24, 2.45) is 5.92 Å². The summed E-state index contributed by atoms with van der Waals surface area (Å²) in [7, 11) is 0. The fraction of sp³-hybridized carbons (Fsp3) is 0.750. The minimum Gasteiger partial charge on any atom is -0.425 e. The second-order valence-electron chi connectivity index (χ2n) is 4.91. The van der Waals surface area contributed by atoms with Crippen LogP contribution in [0.15, 0.2) is 4.42 Å². The van der Waals surface area contributed by atoms with Crippen LogP contribution in [0.1, 0.15) is 44.4 Å². The Balaban J connectivity index is 1.92. The summed E-state index contributed by atoms with van der Waals surface area (Å²) in [6.45, 7) is 7.27. The number of rotatable bonds is 2. The Morgan fingerprint density at radius 1 is 1.35 bits per heavy atom. The van der Waals surface area contributed by atoms with Gasteiger partial charge in [-0.1, -0.05) is 13.8 Å². The maximum absolute atomic E-state index is 11.8. The van der Waals surface area contributed by atoms with Crippen molar-refractivity contribution in [2.75, 3.05) is 13.1 Å². The predicted octanol–water partition coefficient (Wildman–Crippen LogP) is 1.74. The highest BCUT2D eigenvalue weighted by Gasteiger charge is 2.27. The molecule has 1 aliphatic rings. The summed E-state index contributed by atoms with van der Waals surface area (Å²) in [5, 5.41) is 7.90. The highest BCUT2D eigenvalue weighted by atomic mass is 16.4. The molecule has 0 N–H and O–H groups in total. The Labute approximate surface area is 101 Å². The molecule has 5 heteroatoms. The summed E-state index contributed by atoms with van der Waals surface area (Å²) in [6, 6.07) is 0. The second-order valence-corrected chi connectivity index (χ2v) is 4.91. The number of carbonyl (C=O) groups excluding carboxylic acids is 1. The Hall–Kier alpha value is -1.39. The number of piperidine rings is 1. The number of likely N-dealkylation sites (tertiary alicyclic amines) is 1. The molecule has 2 rings (SSSR count). The molecule has 1 aliphatic heterocycles. The first kappa shape index (κ1) is 12.1. The summed E-state index contributed by atoms with van der Waals surface area (Å²) in [6.07, 6.45) is 1.83. The van der Waals surface area contributed by atoms with Crippen LogP contribution in [0.2, 0.25) is 0 Å². The molecule has 0 saturated carbocycles. The van der Waals surface area contributed by atoms with Gasteiger partial charge in [0.05, 0.1) is 0 Å². The lowest BCUT2D eigenvalue weighted by Gasteiger charge is -2.31. The van der Waals surface area contributed by atoms with Gasteiger partial charge in [0.2, 0.25) is 17.7 Å². The van der Waals surface area contributed by atoms with Crippen molar-refractivity contribution in [3.63, 3.8) is 0 Å². The van der Waals surface area contributed by atoms with Crippen molar-refractivity contribution < 1.29 is 9.21 Å². The van der Waals surface area contributed by atoms with Crippen LogP contribution in [0.3, 0.4) is 0 Å². The van der Waals surface area contributed by atoms with Crippen molar-refractivity contribution >= 4 is 5.91 Å². The maximum atomic E-state index is 11.8. The van der Waals surface area contributed by atoms with Gasteiger partial charge in [-0.15, -0.1) is 10.2 Å². The number of nitrogens with zero attached hydrogens (tertiary/aromatic N) is 3. The summed E-state index contributed by atoms with van der Waals surface area (Å²) in [5.74, 6) is 1.97. The molecule has 1 amide bonds. The van der Waals surface area contributed by atoms with Crippen LogP contribution in [0.4, 0.5) is 0 Å². The molecule has 0 bridgehead atoms. The highest BCUT2D eigenvalue weighted by molar-refractivity contribution is 5.78. The van der Waals surface area contributed by atoms with E-state index in [0.29, 0.717) is 11.8 Å². The number of amides is 1. The SMILES string of the molecule is Cc1nnc(C2CCN(C(=O)C(C)C)CC2)o1. The Kier molecular flexibility index (Phi) is 3.45. The molecular formula is C12H19N3O2. The number of hydrogen-bond acceptors (Lipinski definition) is 4. The minimum atomic E-state index is 0.0807. The van der Waals surface area contributed by atoms with Gasteiger partial charge in [-0.05, 0) is 12.8 Å². The normalized spacial score (nSPS) is 17.8. The van der Waals surface area contributed by atoms with Crippen molar-refractivity contribution in [1.82, 2.24) is 15.1 Å². The van der Waals surface area contributed by atoms with E-state index in [1.54, 1.807) is 6.92 Å². The van der Waals surface area contributed by atoms with Crippen LogP contribution in [-0.2, 0) is 4.79 Å². The number of carbonyl (C=O) groups is 1. The average Bonchev–Trinajstić information content (AvgIpc) is 2.75. The van der Waals surface area contributed by atoms with E-state index >= 15 is 0 Å². The van der Waals surface area contributed by atoms with Crippen LogP contribution in [-0.4, -0.2) is 34.1 Å². The van der Waals surface area contributed by atoms with Crippen LogP contribution in [0.25, 0.3) is 0 Å². The van der Waals surface area contributed by atoms with Gasteiger partial charge in [0.25, 0.3) is 0 Å². The third-order valence-corrected chi connectivity index (χ3v) is 3.19. The summed E-state index contributed by atoms with van der Waals surface area (Å²) < 4.78 is 5.44. The molecular weight excluding hydrogens is 218 g/mol. The smallest absolute Gasteiger partial charge is 0.225 e. The van der Waals surface area contributed by atoms with Gasteiger partial charge < -0.3 is 9.32 Å². The zero-order chi connectivity index (χ0) is 12.4. The Morgan fingerprint density at radius 3 is 2.47 bits per heavy atom. The van der Waals surface area contributed by atoms with E-state index in [1.807, 2.05) is 18.7 Å². The third-order valence-electron chi connectivity index (χ3n) is 3.19. The third kappa shape index (κ3) is 2.65. The molecule has 0 spiro atoms. The first-order valence-corrected chi connectivity index (χ1v) is 6.16. The van der Waals surface area contributed by atoms with Gasteiger partial charge in [-0.2, -0.15) is 0 Å². The first-order valence-electron chi connectivity index (χ1n) is 6.16. The molecule has 2 heterocycles. The topological polar surface area (TPSA) is 59.2 Å². The molecule has 5 nitrogen and oxygen atoms in total. The predicted molar refractivity (Wildman–Crippen MR) is 62.4 cm³/mol. The maximum Gasteiger partial charge on any atom is 0.225 e. The quantitative estimate of drug-likeness (QED) is 0.786. The van der Waals surface area contributed by atoms with E-state index in [4.69, 9.17) is 4.42 Å². The molecule has 0 aliphatic carbocycles. The van der Waals surface area contributed by atoms with Crippen molar-refractivity contribution in [3.05, 3.63) is 11.8 Å². The molecule has 17 heavy (non-hydrogen) atoms. The fourth-order valence-electron chi connectivity index (χ4n) is 2.19. The first-order chi connectivity index (χ1) is 8.08. The van der Waals surface area contributed by atoms with Crippen LogP contribution >= 0.6 is 0 Å². The zero-order valence-electron chi connectivity index (χ0n) is 10.6. The molecule has 0 radical (unpaired) electrons. The molecule has 0 unspecified atom stereocenters. The van der Waals surface area contributed by atoms with E-state index in [1.165, 1.54) is 0 Å². The second kappa shape index (κ2) is 4.85. The zero-order valence-corrected chi connectivity index (χ0v) is 10.6. The van der Waals surface area contributed by atoms with Gasteiger partial charge >= 0.3 is 0 Å². The van der Waals surface area contributed by atoms with Crippen molar-refractivity contribution in [2.45, 2.75) is 39.5 Å².